The number of nitrogens with zero attached hydrogens (tertiary/aromatic N) is 1. The average molecular weight is 256 g/mol. The Morgan fingerprint density at radius 1 is 1.53 bits per heavy atom. The molecule has 0 saturated heterocycles. The van der Waals surface area contributed by atoms with Crippen LogP contribution in [0.3, 0.4) is 0 Å². The predicted octanol–water partition coefficient (Wildman–Crippen LogP) is 2.44. The van der Waals surface area contributed by atoms with E-state index in [0.29, 0.717) is 10.8 Å². The van der Waals surface area contributed by atoms with Crippen molar-refractivity contribution >= 4 is 23.3 Å². The summed E-state index contributed by atoms with van der Waals surface area (Å²) in [7, 11) is 0. The number of anilines is 1. The van der Waals surface area contributed by atoms with Crippen LogP contribution in [-0.2, 0) is 4.79 Å². The van der Waals surface area contributed by atoms with E-state index in [9.17, 15) is 4.79 Å². The lowest BCUT2D eigenvalue weighted by molar-refractivity contribution is -0.117. The van der Waals surface area contributed by atoms with Crippen molar-refractivity contribution in [3.63, 3.8) is 0 Å². The lowest BCUT2D eigenvalue weighted by Gasteiger charge is -2.26. The summed E-state index contributed by atoms with van der Waals surface area (Å²) >= 11 is 5.70. The molecule has 94 valence electrons. The minimum Gasteiger partial charge on any atom is -0.327 e. The van der Waals surface area contributed by atoms with Gasteiger partial charge in [0, 0.05) is 18.7 Å². The quantitative estimate of drug-likeness (QED) is 0.872. The minimum absolute atomic E-state index is 0.0925. The predicted molar refractivity (Wildman–Crippen MR) is 69.9 cm³/mol. The number of aromatic nitrogens is 1. The van der Waals surface area contributed by atoms with Crippen molar-refractivity contribution in [2.75, 3.05) is 5.32 Å². The van der Waals surface area contributed by atoms with Crippen molar-refractivity contribution < 1.29 is 4.79 Å². The van der Waals surface area contributed by atoms with Crippen LogP contribution in [0.2, 0.25) is 5.02 Å². The lowest BCUT2D eigenvalue weighted by atomic mass is 9.85. The Morgan fingerprint density at radius 3 is 2.65 bits per heavy atom. The topological polar surface area (TPSA) is 68.0 Å². The first kappa shape index (κ1) is 13.9. The van der Waals surface area contributed by atoms with Gasteiger partial charge in [0.05, 0.1) is 5.02 Å². The molecule has 0 aliphatic carbocycles. The summed E-state index contributed by atoms with van der Waals surface area (Å²) in [5.74, 6) is 0.350. The highest BCUT2D eigenvalue weighted by atomic mass is 35.5. The van der Waals surface area contributed by atoms with Crippen molar-refractivity contribution in [3.05, 3.63) is 23.4 Å². The molecule has 17 heavy (non-hydrogen) atoms. The van der Waals surface area contributed by atoms with Gasteiger partial charge in [-0.3, -0.25) is 4.79 Å². The van der Waals surface area contributed by atoms with E-state index in [1.165, 1.54) is 6.20 Å². The number of rotatable bonds is 3. The maximum Gasteiger partial charge on any atom is 0.227 e. The molecule has 1 aromatic rings. The van der Waals surface area contributed by atoms with Crippen molar-refractivity contribution in [2.45, 2.75) is 33.2 Å². The van der Waals surface area contributed by atoms with Crippen LogP contribution < -0.4 is 11.1 Å². The summed E-state index contributed by atoms with van der Waals surface area (Å²) in [6, 6.07) is 3.14. The number of hydrogen-bond acceptors (Lipinski definition) is 3. The molecule has 0 bridgehead atoms. The number of carbonyl (C=O) groups excluding carboxylic acids is 1. The molecule has 5 heteroatoms. The monoisotopic (exact) mass is 255 g/mol. The number of hydrogen-bond donors (Lipinski definition) is 2. The molecule has 1 amide bonds. The molecule has 4 nitrogen and oxygen atoms in total. The third kappa shape index (κ3) is 4.71. The summed E-state index contributed by atoms with van der Waals surface area (Å²) < 4.78 is 0. The normalized spacial score (nSPS) is 13.2. The fourth-order valence-electron chi connectivity index (χ4n) is 1.15. The second kappa shape index (κ2) is 5.47. The number of amides is 1. The fourth-order valence-corrected chi connectivity index (χ4v) is 1.26. The molecule has 0 fully saturated rings. The zero-order valence-electron chi connectivity index (χ0n) is 10.3. The Labute approximate surface area is 107 Å². The zero-order valence-corrected chi connectivity index (χ0v) is 11.1. The second-order valence-electron chi connectivity index (χ2n) is 5.09. The maximum atomic E-state index is 11.7. The van der Waals surface area contributed by atoms with Crippen molar-refractivity contribution in [2.24, 2.45) is 11.1 Å². The first-order valence-electron chi connectivity index (χ1n) is 5.46. The highest BCUT2D eigenvalue weighted by Crippen LogP contribution is 2.20. The Hall–Kier alpha value is -1.13. The van der Waals surface area contributed by atoms with E-state index < -0.39 is 0 Å². The summed E-state index contributed by atoms with van der Waals surface area (Å²) in [6.07, 6.45) is 1.76. The van der Waals surface area contributed by atoms with Gasteiger partial charge >= 0.3 is 0 Å². The van der Waals surface area contributed by atoms with E-state index in [1.807, 2.05) is 20.8 Å². The van der Waals surface area contributed by atoms with E-state index in [-0.39, 0.29) is 23.8 Å². The van der Waals surface area contributed by atoms with Gasteiger partial charge in [-0.2, -0.15) is 0 Å². The minimum atomic E-state index is -0.185. The highest BCUT2D eigenvalue weighted by Gasteiger charge is 2.23. The average Bonchev–Trinajstić information content (AvgIpc) is 2.20. The summed E-state index contributed by atoms with van der Waals surface area (Å²) in [5, 5.41) is 3.22. The Bertz CT molecular complexity index is 384. The molecule has 1 unspecified atom stereocenters. The van der Waals surface area contributed by atoms with Gasteiger partial charge in [-0.05, 0) is 17.5 Å². The molecule has 0 aliphatic heterocycles. The number of nitrogens with one attached hydrogen (secondary N) is 1. The van der Waals surface area contributed by atoms with E-state index >= 15 is 0 Å². The van der Waals surface area contributed by atoms with Crippen LogP contribution in [0.5, 0.6) is 0 Å². The number of halogens is 1. The van der Waals surface area contributed by atoms with E-state index in [1.54, 1.807) is 12.1 Å². The van der Waals surface area contributed by atoms with Gasteiger partial charge in [-0.15, -0.1) is 0 Å². The van der Waals surface area contributed by atoms with Crippen molar-refractivity contribution in [3.8, 4) is 0 Å². The molecule has 0 aromatic carbocycles. The van der Waals surface area contributed by atoms with Gasteiger partial charge < -0.3 is 11.1 Å². The molecular weight excluding hydrogens is 238 g/mol. The third-order valence-corrected chi connectivity index (χ3v) is 2.74. The molecular formula is C12H18ClN3O. The van der Waals surface area contributed by atoms with E-state index in [4.69, 9.17) is 17.3 Å². The van der Waals surface area contributed by atoms with E-state index in [2.05, 4.69) is 10.3 Å². The van der Waals surface area contributed by atoms with Crippen molar-refractivity contribution in [1.82, 2.24) is 4.98 Å². The van der Waals surface area contributed by atoms with Crippen LogP contribution in [-0.4, -0.2) is 16.9 Å². The molecule has 1 heterocycles. The molecule has 0 saturated carbocycles. The van der Waals surface area contributed by atoms with Crippen LogP contribution in [0.15, 0.2) is 18.3 Å². The molecule has 1 rings (SSSR count). The fraction of sp³-hybridized carbons (Fsp3) is 0.500. The van der Waals surface area contributed by atoms with Gasteiger partial charge in [0.25, 0.3) is 0 Å². The smallest absolute Gasteiger partial charge is 0.227 e. The maximum absolute atomic E-state index is 11.7. The number of carbonyl (C=O) groups is 1. The first-order chi connectivity index (χ1) is 7.79. The Kier molecular flexibility index (Phi) is 4.48. The van der Waals surface area contributed by atoms with Crippen molar-refractivity contribution in [1.29, 1.82) is 0 Å². The van der Waals surface area contributed by atoms with Gasteiger partial charge in [-0.25, -0.2) is 4.98 Å². The molecule has 0 spiro atoms. The summed E-state index contributed by atoms with van der Waals surface area (Å²) in [6.45, 7) is 6.02. The summed E-state index contributed by atoms with van der Waals surface area (Å²) in [4.78, 5) is 15.7. The van der Waals surface area contributed by atoms with Crippen LogP contribution in [0.25, 0.3) is 0 Å². The van der Waals surface area contributed by atoms with Crippen LogP contribution >= 0.6 is 11.6 Å². The van der Waals surface area contributed by atoms with Crippen LogP contribution in [0.4, 0.5) is 5.82 Å². The van der Waals surface area contributed by atoms with Gasteiger partial charge in [-0.1, -0.05) is 32.4 Å². The van der Waals surface area contributed by atoms with Gasteiger partial charge in [0.15, 0.2) is 0 Å². The van der Waals surface area contributed by atoms with E-state index in [0.717, 1.165) is 0 Å². The van der Waals surface area contributed by atoms with Crippen LogP contribution in [0.1, 0.15) is 27.2 Å². The number of nitrogens with two attached hydrogens (primary N) is 1. The Balaban J connectivity index is 2.53. The first-order valence-corrected chi connectivity index (χ1v) is 5.84. The zero-order chi connectivity index (χ0) is 13.1. The van der Waals surface area contributed by atoms with Gasteiger partial charge in [0.2, 0.25) is 5.91 Å². The Morgan fingerprint density at radius 2 is 2.18 bits per heavy atom. The third-order valence-electron chi connectivity index (χ3n) is 2.51. The number of pyridine rings is 1. The SMILES string of the molecule is CC(C)(C)C(N)CC(=O)Nc1ccc(Cl)cn1. The van der Waals surface area contributed by atoms with Crippen LogP contribution in [0, 0.1) is 5.41 Å². The molecule has 0 radical (unpaired) electrons. The van der Waals surface area contributed by atoms with Gasteiger partial charge in [0.1, 0.15) is 5.82 Å². The lowest BCUT2D eigenvalue weighted by Crippen LogP contribution is -2.38. The molecule has 1 atom stereocenters. The molecule has 0 aliphatic rings. The standard InChI is InChI=1S/C12H18ClN3O/c1-12(2,3)9(14)6-11(17)16-10-5-4-8(13)7-15-10/h4-5,7,9H,6,14H2,1-3H3,(H,15,16,17). The molecule has 3 N–H and O–H groups in total. The second-order valence-corrected chi connectivity index (χ2v) is 5.52. The molecule has 1 aromatic heterocycles. The summed E-state index contributed by atoms with van der Waals surface area (Å²) in [5.41, 5.74) is 5.83. The largest absolute Gasteiger partial charge is 0.327 e. The highest BCUT2D eigenvalue weighted by molar-refractivity contribution is 6.30.